The van der Waals surface area contributed by atoms with Crippen molar-refractivity contribution in [2.24, 2.45) is 45.3 Å². The molecule has 20 atom stereocenters. The first-order valence-corrected chi connectivity index (χ1v) is 20.4. The van der Waals surface area contributed by atoms with Crippen LogP contribution in [-0.4, -0.2) is 138 Å². The molecular weight excluding hydrogens is 700 g/mol. The summed E-state index contributed by atoms with van der Waals surface area (Å²) in [5.41, 5.74) is -1.30. The zero-order valence-corrected chi connectivity index (χ0v) is 33.5. The van der Waals surface area contributed by atoms with Gasteiger partial charge in [0, 0.05) is 0 Å². The molecule has 6 aliphatic rings. The summed E-state index contributed by atoms with van der Waals surface area (Å²) in [6.45, 7) is 16.4. The number of hydrogen-bond donors (Lipinski definition) is 9. The number of rotatable bonds is 9. The molecule has 0 aromatic heterocycles. The Balaban J connectivity index is 1.27. The fourth-order valence-corrected chi connectivity index (χ4v) is 13.1. The van der Waals surface area contributed by atoms with E-state index in [4.69, 9.17) is 18.9 Å². The van der Waals surface area contributed by atoms with E-state index in [-0.39, 0.29) is 53.1 Å². The van der Waals surface area contributed by atoms with Crippen molar-refractivity contribution in [3.8, 4) is 0 Å². The van der Waals surface area contributed by atoms with Crippen LogP contribution in [0.15, 0.2) is 11.6 Å². The molecule has 13 heteroatoms. The van der Waals surface area contributed by atoms with Crippen LogP contribution >= 0.6 is 0 Å². The Kier molecular flexibility index (Phi) is 12.0. The van der Waals surface area contributed by atoms with Gasteiger partial charge in [-0.05, 0) is 117 Å². The second-order valence-electron chi connectivity index (χ2n) is 19.8. The largest absolute Gasteiger partial charge is 0.393 e. The summed E-state index contributed by atoms with van der Waals surface area (Å²) in [7, 11) is 0. The number of aliphatic hydroxyl groups excluding tert-OH is 9. The van der Waals surface area contributed by atoms with Gasteiger partial charge < -0.3 is 64.9 Å². The number of hydrogen-bond acceptors (Lipinski definition) is 13. The molecule has 0 amide bonds. The van der Waals surface area contributed by atoms with Crippen LogP contribution < -0.4 is 0 Å². The van der Waals surface area contributed by atoms with Crippen LogP contribution in [0, 0.1) is 45.3 Å². The number of ether oxygens (including phenoxy) is 4. The number of allylic oxidation sites excluding steroid dienone is 2. The van der Waals surface area contributed by atoms with E-state index in [1.807, 2.05) is 20.8 Å². The van der Waals surface area contributed by atoms with Gasteiger partial charge in [-0.3, -0.25) is 0 Å². The molecule has 4 saturated carbocycles. The Hall–Kier alpha value is -0.780. The van der Waals surface area contributed by atoms with Crippen LogP contribution in [0.5, 0.6) is 0 Å². The fraction of sp³-hybridized carbons (Fsp3) is 0.951. The first-order valence-electron chi connectivity index (χ1n) is 20.4. The second-order valence-corrected chi connectivity index (χ2v) is 19.8. The van der Waals surface area contributed by atoms with Crippen LogP contribution in [-0.2, 0) is 18.9 Å². The van der Waals surface area contributed by atoms with Gasteiger partial charge in [-0.15, -0.1) is 0 Å². The minimum absolute atomic E-state index is 0.109. The monoisotopic (exact) mass is 770 g/mol. The Bertz CT molecular complexity index is 1360. The summed E-state index contributed by atoms with van der Waals surface area (Å²) >= 11 is 0. The van der Waals surface area contributed by atoms with E-state index in [2.05, 4.69) is 40.7 Å². The topological polar surface area (TPSA) is 219 Å². The lowest BCUT2D eigenvalue weighted by Gasteiger charge is -2.71. The van der Waals surface area contributed by atoms with E-state index in [0.29, 0.717) is 32.1 Å². The van der Waals surface area contributed by atoms with Gasteiger partial charge >= 0.3 is 0 Å². The summed E-state index contributed by atoms with van der Waals surface area (Å²) in [5.74, 6) is -0.398. The molecule has 0 unspecified atom stereocenters. The lowest BCUT2D eigenvalue weighted by Crippen LogP contribution is -2.70. The summed E-state index contributed by atoms with van der Waals surface area (Å²) in [5, 5.41) is 99.1. The Labute approximate surface area is 320 Å². The van der Waals surface area contributed by atoms with Gasteiger partial charge in [-0.2, -0.15) is 0 Å². The highest BCUT2D eigenvalue weighted by Crippen LogP contribution is 2.76. The zero-order valence-electron chi connectivity index (χ0n) is 33.5. The fourth-order valence-electron chi connectivity index (χ4n) is 13.1. The maximum Gasteiger partial charge on any atom is 0.187 e. The van der Waals surface area contributed by atoms with Crippen molar-refractivity contribution in [3.63, 3.8) is 0 Å². The molecule has 0 bridgehead atoms. The molecule has 312 valence electrons. The van der Waals surface area contributed by atoms with Crippen molar-refractivity contribution in [2.45, 2.75) is 186 Å². The molecule has 2 aliphatic heterocycles. The number of fused-ring (bicyclic) bond motifs is 5. The maximum absolute atomic E-state index is 12.4. The van der Waals surface area contributed by atoms with Gasteiger partial charge in [0.25, 0.3) is 0 Å². The molecule has 2 heterocycles. The lowest BCUT2D eigenvalue weighted by molar-refractivity contribution is -0.346. The summed E-state index contributed by atoms with van der Waals surface area (Å²) in [6, 6.07) is 0. The smallest absolute Gasteiger partial charge is 0.187 e. The quantitative estimate of drug-likeness (QED) is 0.153. The highest BCUT2D eigenvalue weighted by Gasteiger charge is 2.73. The van der Waals surface area contributed by atoms with Crippen molar-refractivity contribution in [3.05, 3.63) is 11.6 Å². The minimum Gasteiger partial charge on any atom is -0.393 e. The maximum atomic E-state index is 12.4. The summed E-state index contributed by atoms with van der Waals surface area (Å²) in [6.07, 6.45) is -7.53. The predicted molar refractivity (Wildman–Crippen MR) is 196 cm³/mol. The van der Waals surface area contributed by atoms with Gasteiger partial charge in [0.1, 0.15) is 42.7 Å². The van der Waals surface area contributed by atoms with Crippen LogP contribution in [0.1, 0.15) is 107 Å². The van der Waals surface area contributed by atoms with Crippen molar-refractivity contribution >= 4 is 0 Å². The van der Waals surface area contributed by atoms with Crippen LogP contribution in [0.3, 0.4) is 0 Å². The third kappa shape index (κ3) is 6.86. The molecule has 0 aromatic rings. The van der Waals surface area contributed by atoms with Crippen molar-refractivity contribution < 1.29 is 64.9 Å². The summed E-state index contributed by atoms with van der Waals surface area (Å²) in [4.78, 5) is 0. The average molecular weight is 771 g/mol. The van der Waals surface area contributed by atoms with Gasteiger partial charge in [-0.25, -0.2) is 0 Å². The normalized spacial score (nSPS) is 52.8. The van der Waals surface area contributed by atoms with E-state index in [1.165, 1.54) is 0 Å². The molecule has 6 rings (SSSR count). The number of aliphatic hydroxyl groups is 9. The Morgan fingerprint density at radius 2 is 1.44 bits per heavy atom. The lowest BCUT2D eigenvalue weighted by atomic mass is 9.34. The molecular formula is C41H70O13. The van der Waals surface area contributed by atoms with Crippen LogP contribution in [0.25, 0.3) is 0 Å². The average Bonchev–Trinajstić information content (AvgIpc) is 3.47. The Morgan fingerprint density at radius 1 is 0.778 bits per heavy atom. The van der Waals surface area contributed by atoms with Gasteiger partial charge in [0.15, 0.2) is 12.6 Å². The minimum atomic E-state index is -1.66. The van der Waals surface area contributed by atoms with Crippen molar-refractivity contribution in [1.82, 2.24) is 0 Å². The van der Waals surface area contributed by atoms with Crippen molar-refractivity contribution in [2.75, 3.05) is 13.2 Å². The van der Waals surface area contributed by atoms with Gasteiger partial charge in [-0.1, -0.05) is 46.3 Å². The first kappa shape index (κ1) is 42.8. The van der Waals surface area contributed by atoms with Crippen LogP contribution in [0.4, 0.5) is 0 Å². The van der Waals surface area contributed by atoms with Gasteiger partial charge in [0.05, 0.1) is 37.1 Å². The molecule has 54 heavy (non-hydrogen) atoms. The van der Waals surface area contributed by atoms with E-state index in [1.54, 1.807) is 0 Å². The SMILES string of the molecule is CC(C)=CCC[C@@](C)(O[C@H]1O[C@@H](CO[C@H]2OC[C@@H](O)[C@@H](O)[C@@H]2O)[C@H](O)[C@@H](O)[C@@H]1O)[C@@H]1CC[C@@]2(C)[C@H]1[C@@H](O)C[C@H]1[C@]3(C)CC[C@@H](O)C(C)(C)[C@H]3[C@H](O)C[C@@]12C. The van der Waals surface area contributed by atoms with E-state index >= 15 is 0 Å². The van der Waals surface area contributed by atoms with E-state index < -0.39 is 84.6 Å². The van der Waals surface area contributed by atoms with E-state index in [0.717, 1.165) is 24.8 Å². The molecule has 4 aliphatic carbocycles. The third-order valence-electron chi connectivity index (χ3n) is 16.2. The molecule has 0 aromatic carbocycles. The molecule has 0 radical (unpaired) electrons. The van der Waals surface area contributed by atoms with Crippen LogP contribution in [0.2, 0.25) is 0 Å². The Morgan fingerprint density at radius 3 is 2.11 bits per heavy atom. The molecule has 6 fully saturated rings. The second kappa shape index (κ2) is 15.1. The molecule has 9 N–H and O–H groups in total. The molecule has 0 spiro atoms. The third-order valence-corrected chi connectivity index (χ3v) is 16.2. The first-order chi connectivity index (χ1) is 25.0. The highest BCUT2D eigenvalue weighted by molar-refractivity contribution is 5.22. The zero-order chi connectivity index (χ0) is 39.9. The van der Waals surface area contributed by atoms with Crippen molar-refractivity contribution in [1.29, 1.82) is 0 Å². The standard InChI is InChI=1S/C41H70O13/c1-20(2)10-9-13-41(8,54-36-33(50)31(48)30(47)25(53-36)19-52-35-32(49)29(46)24(44)18-51-35)21-11-15-39(6)28(21)22(42)16-26-38(5)14-12-27(45)37(3,4)34(38)23(43)17-40(26,39)7/h10,21-36,42-50H,9,11-19H2,1-8H3/t21-,22+,23-,24-,25+,26+,27-,28-,29-,30+,31-,32+,33+,34-,35-,36-,38+,39+,40+,41-/m1/s1. The summed E-state index contributed by atoms with van der Waals surface area (Å²) < 4.78 is 24.0. The molecule has 13 nitrogen and oxygen atoms in total. The molecule has 2 saturated heterocycles. The predicted octanol–water partition coefficient (Wildman–Crippen LogP) is 1.76. The highest BCUT2D eigenvalue weighted by atomic mass is 16.7. The van der Waals surface area contributed by atoms with E-state index in [9.17, 15) is 46.0 Å². The van der Waals surface area contributed by atoms with Gasteiger partial charge in [0.2, 0.25) is 0 Å².